The fraction of sp³-hybridized carbons (Fsp3) is 0.417. The Morgan fingerprint density at radius 3 is 2.26 bits per heavy atom. The molecule has 104 valence electrons. The molecule has 1 heterocycles. The number of hydrogen-bond donors (Lipinski definition) is 1. The smallest absolute Gasteiger partial charge is 0.406 e. The van der Waals surface area contributed by atoms with E-state index in [2.05, 4.69) is 10.1 Å². The van der Waals surface area contributed by atoms with Crippen LogP contribution in [0.4, 0.5) is 23.7 Å². The van der Waals surface area contributed by atoms with Crippen molar-refractivity contribution in [3.05, 3.63) is 24.3 Å². The number of nitrogens with one attached hydrogen (secondary N) is 1. The second-order valence-corrected chi connectivity index (χ2v) is 4.85. The Balaban J connectivity index is 2.21. The summed E-state index contributed by atoms with van der Waals surface area (Å²) in [5.74, 6) is -0.311. The van der Waals surface area contributed by atoms with Gasteiger partial charge in [-0.2, -0.15) is 0 Å². The Kier molecular flexibility index (Phi) is 3.07. The van der Waals surface area contributed by atoms with Gasteiger partial charge in [-0.3, -0.25) is 4.90 Å². The van der Waals surface area contributed by atoms with Gasteiger partial charge in [-0.25, -0.2) is 4.79 Å². The monoisotopic (exact) mass is 274 g/mol. The Morgan fingerprint density at radius 2 is 1.84 bits per heavy atom. The van der Waals surface area contributed by atoms with Gasteiger partial charge >= 0.3 is 12.4 Å². The number of urea groups is 1. The van der Waals surface area contributed by atoms with Gasteiger partial charge in [0.05, 0.1) is 5.54 Å². The molecule has 0 aromatic heterocycles. The second-order valence-electron chi connectivity index (χ2n) is 4.85. The molecule has 2 amide bonds. The van der Waals surface area contributed by atoms with Crippen molar-refractivity contribution in [2.24, 2.45) is 0 Å². The number of hydrogen-bond acceptors (Lipinski definition) is 2. The van der Waals surface area contributed by atoms with E-state index in [1.807, 2.05) is 13.8 Å². The van der Waals surface area contributed by atoms with Crippen LogP contribution in [0.2, 0.25) is 0 Å². The molecule has 0 bridgehead atoms. The van der Waals surface area contributed by atoms with Gasteiger partial charge in [0.2, 0.25) is 0 Å². The zero-order valence-electron chi connectivity index (χ0n) is 10.4. The van der Waals surface area contributed by atoms with Crippen LogP contribution in [0.15, 0.2) is 24.3 Å². The van der Waals surface area contributed by atoms with Gasteiger partial charge in [0.1, 0.15) is 5.75 Å². The van der Waals surface area contributed by atoms with Crippen LogP contribution in [0.5, 0.6) is 5.75 Å². The summed E-state index contributed by atoms with van der Waals surface area (Å²) < 4.78 is 39.9. The fourth-order valence-electron chi connectivity index (χ4n) is 1.99. The molecule has 0 aliphatic carbocycles. The van der Waals surface area contributed by atoms with E-state index in [0.717, 1.165) is 0 Å². The van der Waals surface area contributed by atoms with Crippen LogP contribution in [0, 0.1) is 0 Å². The molecule has 1 fully saturated rings. The summed E-state index contributed by atoms with van der Waals surface area (Å²) in [5.41, 5.74) is 0.0956. The minimum absolute atomic E-state index is 0.269. The maximum Gasteiger partial charge on any atom is 0.573 e. The third-order valence-electron chi connectivity index (χ3n) is 2.81. The van der Waals surface area contributed by atoms with Crippen molar-refractivity contribution in [1.82, 2.24) is 5.32 Å². The molecule has 0 unspecified atom stereocenters. The van der Waals surface area contributed by atoms with Crippen molar-refractivity contribution < 1.29 is 22.7 Å². The molecule has 2 rings (SSSR count). The summed E-state index contributed by atoms with van der Waals surface area (Å²) in [6.07, 6.45) is -4.72. The van der Waals surface area contributed by atoms with E-state index in [1.54, 1.807) is 0 Å². The van der Waals surface area contributed by atoms with E-state index in [-0.39, 0.29) is 11.8 Å². The van der Waals surface area contributed by atoms with Crippen LogP contribution in [0.25, 0.3) is 0 Å². The number of anilines is 1. The van der Waals surface area contributed by atoms with Crippen molar-refractivity contribution in [2.45, 2.75) is 25.7 Å². The topological polar surface area (TPSA) is 41.6 Å². The summed E-state index contributed by atoms with van der Waals surface area (Å²) in [5, 5.41) is 2.69. The van der Waals surface area contributed by atoms with Gasteiger partial charge in [0.25, 0.3) is 0 Å². The quantitative estimate of drug-likeness (QED) is 0.901. The molecule has 0 spiro atoms. The molecule has 0 radical (unpaired) electrons. The first kappa shape index (κ1) is 13.5. The predicted octanol–water partition coefficient (Wildman–Crippen LogP) is 2.89. The molecule has 1 aromatic carbocycles. The maximum atomic E-state index is 12.0. The highest BCUT2D eigenvalue weighted by molar-refractivity contribution is 5.96. The van der Waals surface area contributed by atoms with Gasteiger partial charge in [0, 0.05) is 12.2 Å². The molecule has 1 N–H and O–H groups in total. The SMILES string of the molecule is CC1(C)CNC(=O)N1c1ccc(OC(F)(F)F)cc1. The molecule has 1 aliphatic heterocycles. The van der Waals surface area contributed by atoms with E-state index in [4.69, 9.17) is 0 Å². The zero-order chi connectivity index (χ0) is 14.3. The molecule has 0 atom stereocenters. The summed E-state index contributed by atoms with van der Waals surface area (Å²) in [6.45, 7) is 4.21. The van der Waals surface area contributed by atoms with E-state index in [9.17, 15) is 18.0 Å². The van der Waals surface area contributed by atoms with Crippen molar-refractivity contribution in [2.75, 3.05) is 11.4 Å². The van der Waals surface area contributed by atoms with E-state index in [1.165, 1.54) is 29.2 Å². The number of alkyl halides is 3. The van der Waals surface area contributed by atoms with Crippen molar-refractivity contribution in [1.29, 1.82) is 0 Å². The average Bonchev–Trinajstić information content (AvgIpc) is 2.53. The van der Waals surface area contributed by atoms with Gasteiger partial charge in [-0.1, -0.05) is 0 Å². The summed E-state index contributed by atoms with van der Waals surface area (Å²) in [7, 11) is 0. The number of halogens is 3. The fourth-order valence-corrected chi connectivity index (χ4v) is 1.99. The number of carbonyl (C=O) groups excluding carboxylic acids is 1. The number of amides is 2. The third kappa shape index (κ3) is 2.91. The van der Waals surface area contributed by atoms with E-state index >= 15 is 0 Å². The minimum atomic E-state index is -4.72. The highest BCUT2D eigenvalue weighted by Gasteiger charge is 2.38. The Hall–Kier alpha value is -1.92. The standard InChI is InChI=1S/C12H13F3N2O2/c1-11(2)7-16-10(18)17(11)8-3-5-9(6-4-8)19-12(13,14)15/h3-6H,7H2,1-2H3,(H,16,18). The number of benzene rings is 1. The largest absolute Gasteiger partial charge is 0.573 e. The Bertz CT molecular complexity index is 483. The lowest BCUT2D eigenvalue weighted by molar-refractivity contribution is -0.274. The third-order valence-corrected chi connectivity index (χ3v) is 2.81. The van der Waals surface area contributed by atoms with Gasteiger partial charge in [-0.15, -0.1) is 13.2 Å². The molecule has 1 saturated heterocycles. The molecule has 0 saturated carbocycles. The molecule has 4 nitrogen and oxygen atoms in total. The van der Waals surface area contributed by atoms with Crippen molar-refractivity contribution >= 4 is 11.7 Å². The number of carbonyl (C=O) groups is 1. The second kappa shape index (κ2) is 4.32. The average molecular weight is 274 g/mol. The maximum absolute atomic E-state index is 12.0. The minimum Gasteiger partial charge on any atom is -0.406 e. The summed E-state index contributed by atoms with van der Waals surface area (Å²) in [4.78, 5) is 13.2. The van der Waals surface area contributed by atoms with Gasteiger partial charge < -0.3 is 10.1 Å². The van der Waals surface area contributed by atoms with Gasteiger partial charge in [0.15, 0.2) is 0 Å². The van der Waals surface area contributed by atoms with E-state index < -0.39 is 11.9 Å². The predicted molar refractivity (Wildman–Crippen MR) is 63.1 cm³/mol. The molecular weight excluding hydrogens is 261 g/mol. The Labute approximate surface area is 108 Å². The van der Waals surface area contributed by atoms with Crippen molar-refractivity contribution in [3.63, 3.8) is 0 Å². The van der Waals surface area contributed by atoms with Crippen LogP contribution in [0.3, 0.4) is 0 Å². The number of nitrogens with zero attached hydrogens (tertiary/aromatic N) is 1. The first-order valence-electron chi connectivity index (χ1n) is 5.63. The lowest BCUT2D eigenvalue weighted by atomic mass is 10.0. The van der Waals surface area contributed by atoms with Crippen LogP contribution < -0.4 is 15.0 Å². The molecule has 7 heteroatoms. The number of ether oxygens (including phenoxy) is 1. The van der Waals surface area contributed by atoms with E-state index in [0.29, 0.717) is 12.2 Å². The number of rotatable bonds is 2. The molecule has 1 aliphatic rings. The van der Waals surface area contributed by atoms with Crippen LogP contribution in [0.1, 0.15) is 13.8 Å². The van der Waals surface area contributed by atoms with Crippen LogP contribution >= 0.6 is 0 Å². The van der Waals surface area contributed by atoms with Crippen LogP contribution in [-0.2, 0) is 0 Å². The summed E-state index contributed by atoms with van der Waals surface area (Å²) in [6, 6.07) is 4.95. The molecule has 1 aromatic rings. The lowest BCUT2D eigenvalue weighted by Gasteiger charge is -2.29. The molecular formula is C12H13F3N2O2. The first-order valence-corrected chi connectivity index (χ1v) is 5.63. The highest BCUT2D eigenvalue weighted by Crippen LogP contribution is 2.30. The molecule has 19 heavy (non-hydrogen) atoms. The normalized spacial score (nSPS) is 18.4. The summed E-state index contributed by atoms with van der Waals surface area (Å²) >= 11 is 0. The Morgan fingerprint density at radius 1 is 1.26 bits per heavy atom. The lowest BCUT2D eigenvalue weighted by Crippen LogP contribution is -2.42. The zero-order valence-corrected chi connectivity index (χ0v) is 10.4. The van der Waals surface area contributed by atoms with Crippen LogP contribution in [-0.4, -0.2) is 24.5 Å². The highest BCUT2D eigenvalue weighted by atomic mass is 19.4. The first-order chi connectivity index (χ1) is 8.69. The van der Waals surface area contributed by atoms with Crippen molar-refractivity contribution in [3.8, 4) is 5.75 Å². The van der Waals surface area contributed by atoms with Gasteiger partial charge in [-0.05, 0) is 38.1 Å².